The van der Waals surface area contributed by atoms with Gasteiger partial charge in [-0.05, 0) is 53.3 Å². The first-order valence-corrected chi connectivity index (χ1v) is 13.5. The van der Waals surface area contributed by atoms with Crippen LogP contribution in [0.5, 0.6) is 0 Å². The maximum absolute atomic E-state index is 13.6. The Kier molecular flexibility index (Phi) is 9.56. The van der Waals surface area contributed by atoms with Crippen LogP contribution < -0.4 is 5.32 Å². The number of nitrogens with zero attached hydrogens (tertiary/aromatic N) is 3. The molecule has 0 radical (unpaired) electrons. The van der Waals surface area contributed by atoms with Crippen LogP contribution in [-0.2, 0) is 20.9 Å². The predicted molar refractivity (Wildman–Crippen MR) is 152 cm³/mol. The number of ketones is 1. The first kappa shape index (κ1) is 27.7. The third kappa shape index (κ3) is 6.96. The molecule has 3 aromatic carbocycles. The van der Waals surface area contributed by atoms with E-state index in [1.807, 2.05) is 80.6 Å². The number of para-hydroxylation sites is 1. The third-order valence-electron chi connectivity index (χ3n) is 6.64. The van der Waals surface area contributed by atoms with E-state index < -0.39 is 6.04 Å². The van der Waals surface area contributed by atoms with Crippen molar-refractivity contribution in [2.45, 2.75) is 65.5 Å². The summed E-state index contributed by atoms with van der Waals surface area (Å²) < 4.78 is 5.52. The number of rotatable bonds is 13. The molecule has 2 N–H and O–H groups in total. The highest BCUT2D eigenvalue weighted by Gasteiger charge is 2.24. The molecule has 4 aromatic rings. The van der Waals surface area contributed by atoms with Crippen molar-refractivity contribution in [1.29, 1.82) is 0 Å². The number of Topliss-reactive ketones (excluding diaryl/α,β-unsaturated/α-hetero) is 1. The van der Waals surface area contributed by atoms with Crippen LogP contribution in [0.2, 0.25) is 0 Å². The Labute approximate surface area is 229 Å². The zero-order valence-electron chi connectivity index (χ0n) is 22.7. The van der Waals surface area contributed by atoms with Gasteiger partial charge in [0, 0.05) is 29.7 Å². The summed E-state index contributed by atoms with van der Waals surface area (Å²) in [5, 5.41) is 18.3. The summed E-state index contributed by atoms with van der Waals surface area (Å²) >= 11 is 0. The molecule has 0 saturated heterocycles. The van der Waals surface area contributed by atoms with Gasteiger partial charge in [-0.1, -0.05) is 80.9 Å². The lowest BCUT2D eigenvalue weighted by Crippen LogP contribution is -2.22. The second kappa shape index (κ2) is 13.5. The van der Waals surface area contributed by atoms with Gasteiger partial charge in [0.25, 0.3) is 0 Å². The summed E-state index contributed by atoms with van der Waals surface area (Å²) in [4.78, 5) is 25.7. The molecule has 0 bridgehead atoms. The Morgan fingerprint density at radius 1 is 0.949 bits per heavy atom. The number of ether oxygens (including phenoxy) is 1. The van der Waals surface area contributed by atoms with Crippen molar-refractivity contribution in [2.75, 3.05) is 5.32 Å². The minimum Gasteiger partial charge on any atom is -0.461 e. The first-order chi connectivity index (χ1) is 19.0. The van der Waals surface area contributed by atoms with E-state index in [1.54, 1.807) is 0 Å². The number of unbranched alkanes of at least 4 members (excludes halogenated alkanes) is 1. The Balaban J connectivity index is 1.75. The quantitative estimate of drug-likeness (QED) is 0.189. The number of anilines is 1. The number of carbonyl (C=O) groups is 2. The maximum atomic E-state index is 13.6. The molecule has 39 heavy (non-hydrogen) atoms. The van der Waals surface area contributed by atoms with Gasteiger partial charge in [-0.2, -0.15) is 5.21 Å². The van der Waals surface area contributed by atoms with Crippen molar-refractivity contribution in [3.8, 4) is 22.5 Å². The van der Waals surface area contributed by atoms with Gasteiger partial charge in [0.15, 0.2) is 5.78 Å². The molecule has 0 aliphatic carbocycles. The minimum atomic E-state index is -0.613. The van der Waals surface area contributed by atoms with Crippen LogP contribution in [0.4, 0.5) is 5.69 Å². The highest BCUT2D eigenvalue weighted by molar-refractivity contribution is 5.90. The summed E-state index contributed by atoms with van der Waals surface area (Å²) in [5.41, 5.74) is 6.12. The van der Waals surface area contributed by atoms with Crippen molar-refractivity contribution in [3.63, 3.8) is 0 Å². The van der Waals surface area contributed by atoms with Gasteiger partial charge in [0.2, 0.25) is 5.82 Å². The highest BCUT2D eigenvalue weighted by Crippen LogP contribution is 2.35. The van der Waals surface area contributed by atoms with Gasteiger partial charge in [0.1, 0.15) is 12.6 Å². The lowest BCUT2D eigenvalue weighted by atomic mass is 9.91. The molecule has 0 saturated carbocycles. The van der Waals surface area contributed by atoms with E-state index in [2.05, 4.69) is 32.9 Å². The van der Waals surface area contributed by atoms with Crippen LogP contribution in [0.3, 0.4) is 0 Å². The van der Waals surface area contributed by atoms with Gasteiger partial charge >= 0.3 is 5.97 Å². The molecule has 1 aromatic heterocycles. The smallest absolute Gasteiger partial charge is 0.306 e. The number of hydrogen-bond acceptors (Lipinski definition) is 7. The summed E-state index contributed by atoms with van der Waals surface area (Å²) in [6.45, 7) is 6.14. The van der Waals surface area contributed by atoms with Crippen molar-refractivity contribution >= 4 is 17.4 Å². The largest absolute Gasteiger partial charge is 0.461 e. The van der Waals surface area contributed by atoms with Gasteiger partial charge in [-0.15, -0.1) is 10.2 Å². The van der Waals surface area contributed by atoms with Gasteiger partial charge in [-0.25, -0.2) is 0 Å². The van der Waals surface area contributed by atoms with Crippen LogP contribution in [0.25, 0.3) is 22.5 Å². The fraction of sp³-hybridized carbons (Fsp3) is 0.323. The molecule has 1 heterocycles. The van der Waals surface area contributed by atoms with Crippen molar-refractivity contribution in [2.24, 2.45) is 0 Å². The average molecular weight is 526 g/mol. The van der Waals surface area contributed by atoms with E-state index in [0.29, 0.717) is 18.7 Å². The number of esters is 1. The van der Waals surface area contributed by atoms with Crippen LogP contribution in [0, 0.1) is 6.92 Å². The van der Waals surface area contributed by atoms with E-state index in [-0.39, 0.29) is 18.4 Å². The molecular formula is C31H35N5O3. The molecular weight excluding hydrogens is 490 g/mol. The molecule has 4 rings (SSSR count). The van der Waals surface area contributed by atoms with Gasteiger partial charge < -0.3 is 10.1 Å². The number of nitrogens with one attached hydrogen (secondary N) is 2. The Bertz CT molecular complexity index is 1390. The number of H-pyrrole nitrogens is 1. The lowest BCUT2D eigenvalue weighted by Gasteiger charge is -2.24. The summed E-state index contributed by atoms with van der Waals surface area (Å²) in [6.07, 6.45) is 3.26. The highest BCUT2D eigenvalue weighted by atomic mass is 16.5. The molecule has 202 valence electrons. The van der Waals surface area contributed by atoms with Crippen molar-refractivity contribution < 1.29 is 14.3 Å². The maximum Gasteiger partial charge on any atom is 0.306 e. The van der Waals surface area contributed by atoms with Gasteiger partial charge in [0.05, 0.1) is 0 Å². The molecule has 8 heteroatoms. The Morgan fingerprint density at radius 2 is 1.77 bits per heavy atom. The third-order valence-corrected chi connectivity index (χ3v) is 6.64. The number of carbonyl (C=O) groups excluding carboxylic acids is 2. The zero-order valence-corrected chi connectivity index (χ0v) is 22.7. The van der Waals surface area contributed by atoms with E-state index in [1.165, 1.54) is 0 Å². The monoisotopic (exact) mass is 525 g/mol. The number of hydrogen-bond donors (Lipinski definition) is 2. The molecule has 0 unspecified atom stereocenters. The standard InChI is InChI=1S/C31H35N5O3/c1-4-6-16-27(37)30(32-29-21(3)12-10-15-24(29)20-39-28(38)11-5-2)23-17-18-25(22-13-8-7-9-14-22)26(19-23)31-33-35-36-34-31/h7-10,12-15,17-19,30,32H,4-6,11,16,20H2,1-3H3,(H,33,34,35,36)/t30-/m0/s1. The van der Waals surface area contributed by atoms with E-state index in [9.17, 15) is 9.59 Å². The van der Waals surface area contributed by atoms with Crippen LogP contribution in [0.1, 0.15) is 68.7 Å². The van der Waals surface area contributed by atoms with Crippen molar-refractivity contribution in [3.05, 3.63) is 83.4 Å². The molecule has 1 atom stereocenters. The molecule has 0 fully saturated rings. The second-order valence-corrected chi connectivity index (χ2v) is 9.57. The Hall–Kier alpha value is -4.33. The van der Waals surface area contributed by atoms with Gasteiger partial charge in [-0.3, -0.25) is 9.59 Å². The summed E-state index contributed by atoms with van der Waals surface area (Å²) in [7, 11) is 0. The fourth-order valence-corrected chi connectivity index (χ4v) is 4.55. The molecule has 0 amide bonds. The van der Waals surface area contributed by atoms with Crippen LogP contribution in [-0.4, -0.2) is 32.4 Å². The predicted octanol–water partition coefficient (Wildman–Crippen LogP) is 6.60. The number of aryl methyl sites for hydroxylation is 1. The number of aromatic amines is 1. The van der Waals surface area contributed by atoms with E-state index >= 15 is 0 Å². The first-order valence-electron chi connectivity index (χ1n) is 13.5. The zero-order chi connectivity index (χ0) is 27.6. The minimum absolute atomic E-state index is 0.0838. The molecule has 0 aliphatic rings. The molecule has 0 spiro atoms. The Morgan fingerprint density at radius 3 is 2.49 bits per heavy atom. The topological polar surface area (TPSA) is 110 Å². The summed E-state index contributed by atoms with van der Waals surface area (Å²) in [5.74, 6) is 0.303. The van der Waals surface area contributed by atoms with Crippen LogP contribution >= 0.6 is 0 Å². The summed E-state index contributed by atoms with van der Waals surface area (Å²) in [6, 6.07) is 21.2. The number of tetrazole rings is 1. The SMILES string of the molecule is CCCCC(=O)[C@@H](Nc1c(C)cccc1COC(=O)CCC)c1ccc(-c2ccccc2)c(-c2nn[nH]n2)c1. The fourth-order valence-electron chi connectivity index (χ4n) is 4.55. The lowest BCUT2D eigenvalue weighted by molar-refractivity contribution is -0.145. The number of benzene rings is 3. The molecule has 8 nitrogen and oxygen atoms in total. The van der Waals surface area contributed by atoms with Crippen LogP contribution in [0.15, 0.2) is 66.7 Å². The van der Waals surface area contributed by atoms with E-state index in [0.717, 1.165) is 58.3 Å². The van der Waals surface area contributed by atoms with E-state index in [4.69, 9.17) is 4.74 Å². The normalized spacial score (nSPS) is 11.7. The second-order valence-electron chi connectivity index (χ2n) is 9.57. The van der Waals surface area contributed by atoms with Crippen molar-refractivity contribution in [1.82, 2.24) is 20.6 Å². The number of aromatic nitrogens is 4. The molecule has 0 aliphatic heterocycles. The average Bonchev–Trinajstić information content (AvgIpc) is 3.50.